The Kier molecular flexibility index (Phi) is 7.69. The first-order chi connectivity index (χ1) is 14.9. The maximum Gasteiger partial charge on any atom is 0.343 e. The van der Waals surface area contributed by atoms with E-state index in [4.69, 9.17) is 9.47 Å². The SMILES string of the molecule is CCOc1cc(/C=C2/SC(=Nc3ccc(F)cc3)NC2=O)c(Br)cc1OCC(=O)OC. The molecule has 1 aliphatic heterocycles. The van der Waals surface area contributed by atoms with Crippen molar-refractivity contribution in [1.29, 1.82) is 0 Å². The molecule has 1 aliphatic rings. The van der Waals surface area contributed by atoms with Crippen LogP contribution < -0.4 is 14.8 Å². The Morgan fingerprint density at radius 3 is 2.61 bits per heavy atom. The molecule has 0 atom stereocenters. The number of amides is 1. The van der Waals surface area contributed by atoms with Crippen LogP contribution in [-0.4, -0.2) is 37.4 Å². The van der Waals surface area contributed by atoms with Crippen LogP contribution in [0.1, 0.15) is 12.5 Å². The van der Waals surface area contributed by atoms with Gasteiger partial charge in [0.15, 0.2) is 23.3 Å². The van der Waals surface area contributed by atoms with Gasteiger partial charge in [-0.25, -0.2) is 14.2 Å². The van der Waals surface area contributed by atoms with Crippen LogP contribution in [-0.2, 0) is 14.3 Å². The van der Waals surface area contributed by atoms with Gasteiger partial charge in [-0.2, -0.15) is 0 Å². The lowest BCUT2D eigenvalue weighted by molar-refractivity contribution is -0.142. The number of carbonyl (C=O) groups is 2. The van der Waals surface area contributed by atoms with Gasteiger partial charge in [-0.15, -0.1) is 0 Å². The number of rotatable bonds is 7. The summed E-state index contributed by atoms with van der Waals surface area (Å²) < 4.78 is 29.4. The van der Waals surface area contributed by atoms with Gasteiger partial charge in [0.25, 0.3) is 5.91 Å². The van der Waals surface area contributed by atoms with E-state index in [1.807, 2.05) is 6.92 Å². The van der Waals surface area contributed by atoms with Gasteiger partial charge in [-0.1, -0.05) is 15.9 Å². The molecule has 0 saturated carbocycles. The summed E-state index contributed by atoms with van der Waals surface area (Å²) in [5.41, 5.74) is 1.20. The number of thioether (sulfide) groups is 1. The molecular formula is C21H18BrFN2O5S. The zero-order chi connectivity index (χ0) is 22.4. The minimum absolute atomic E-state index is 0.259. The summed E-state index contributed by atoms with van der Waals surface area (Å²) in [6, 6.07) is 9.01. The van der Waals surface area contributed by atoms with Crippen LogP contribution in [0, 0.1) is 5.82 Å². The molecule has 7 nitrogen and oxygen atoms in total. The number of nitrogens with zero attached hydrogens (tertiary/aromatic N) is 1. The lowest BCUT2D eigenvalue weighted by Crippen LogP contribution is -2.19. The first-order valence-electron chi connectivity index (χ1n) is 9.10. The molecule has 31 heavy (non-hydrogen) atoms. The highest BCUT2D eigenvalue weighted by Crippen LogP contribution is 2.37. The van der Waals surface area contributed by atoms with Crippen molar-refractivity contribution in [2.24, 2.45) is 4.99 Å². The highest BCUT2D eigenvalue weighted by atomic mass is 79.9. The summed E-state index contributed by atoms with van der Waals surface area (Å²) in [6.45, 7) is 1.95. The summed E-state index contributed by atoms with van der Waals surface area (Å²) in [6.07, 6.45) is 1.68. The van der Waals surface area contributed by atoms with Crippen LogP contribution in [0.5, 0.6) is 11.5 Å². The van der Waals surface area contributed by atoms with Crippen LogP contribution >= 0.6 is 27.7 Å². The second-order valence-corrected chi connectivity index (χ2v) is 7.96. The van der Waals surface area contributed by atoms with Crippen molar-refractivity contribution in [2.45, 2.75) is 6.92 Å². The van der Waals surface area contributed by atoms with E-state index in [2.05, 4.69) is 31.0 Å². The predicted molar refractivity (Wildman–Crippen MR) is 120 cm³/mol. The number of aliphatic imine (C=N–C) groups is 1. The lowest BCUT2D eigenvalue weighted by atomic mass is 10.2. The molecule has 2 aromatic rings. The van der Waals surface area contributed by atoms with Crippen molar-refractivity contribution < 1.29 is 28.2 Å². The van der Waals surface area contributed by atoms with Gasteiger partial charge in [0.05, 0.1) is 24.3 Å². The van der Waals surface area contributed by atoms with Gasteiger partial charge < -0.3 is 19.5 Å². The van der Waals surface area contributed by atoms with E-state index < -0.39 is 5.97 Å². The Morgan fingerprint density at radius 2 is 1.94 bits per heavy atom. The fraction of sp³-hybridized carbons (Fsp3) is 0.190. The van der Waals surface area contributed by atoms with Gasteiger partial charge in [-0.3, -0.25) is 4.79 Å². The summed E-state index contributed by atoms with van der Waals surface area (Å²) in [5, 5.41) is 3.08. The molecule has 2 aromatic carbocycles. The monoisotopic (exact) mass is 508 g/mol. The van der Waals surface area contributed by atoms with E-state index in [0.717, 1.165) is 11.8 Å². The van der Waals surface area contributed by atoms with E-state index in [-0.39, 0.29) is 18.3 Å². The standard InChI is InChI=1S/C21H18BrFN2O5S/c1-3-29-16-8-12(15(22)10-17(16)30-11-19(26)28-2)9-18-20(27)25-21(31-18)24-14-6-4-13(23)5-7-14/h4-10H,3,11H2,1-2H3,(H,24,25,27)/b18-9+. The van der Waals surface area contributed by atoms with Crippen molar-refractivity contribution in [1.82, 2.24) is 5.32 Å². The number of hydrogen-bond donors (Lipinski definition) is 1. The number of hydrogen-bond acceptors (Lipinski definition) is 7. The van der Waals surface area contributed by atoms with Crippen LogP contribution in [0.3, 0.4) is 0 Å². The molecule has 0 bridgehead atoms. The molecule has 0 aliphatic carbocycles. The molecule has 1 fully saturated rings. The Labute approximate surface area is 190 Å². The van der Waals surface area contributed by atoms with Crippen molar-refractivity contribution in [3.05, 3.63) is 57.2 Å². The molecule has 3 rings (SSSR count). The minimum Gasteiger partial charge on any atom is -0.490 e. The quantitative estimate of drug-likeness (QED) is 0.439. The second kappa shape index (κ2) is 10.5. The largest absolute Gasteiger partial charge is 0.490 e. The van der Waals surface area contributed by atoms with E-state index in [1.165, 1.54) is 31.4 Å². The highest BCUT2D eigenvalue weighted by molar-refractivity contribution is 9.10. The van der Waals surface area contributed by atoms with E-state index >= 15 is 0 Å². The molecule has 0 radical (unpaired) electrons. The average molecular weight is 509 g/mol. The summed E-state index contributed by atoms with van der Waals surface area (Å²) in [7, 11) is 1.28. The third-order valence-electron chi connectivity index (χ3n) is 3.93. The fourth-order valence-corrected chi connectivity index (χ4v) is 3.76. The molecule has 1 saturated heterocycles. The Hall–Kier alpha value is -2.85. The van der Waals surface area contributed by atoms with E-state index in [9.17, 15) is 14.0 Å². The Morgan fingerprint density at radius 1 is 1.23 bits per heavy atom. The normalized spacial score (nSPS) is 15.8. The van der Waals surface area contributed by atoms with Gasteiger partial charge >= 0.3 is 5.97 Å². The van der Waals surface area contributed by atoms with Crippen molar-refractivity contribution in [3.8, 4) is 11.5 Å². The summed E-state index contributed by atoms with van der Waals surface area (Å²) in [5.74, 6) is -0.395. The van der Waals surface area contributed by atoms with Gasteiger partial charge in [0.2, 0.25) is 0 Å². The molecule has 0 aromatic heterocycles. The zero-order valence-corrected chi connectivity index (χ0v) is 19.0. The Balaban J connectivity index is 1.84. The van der Waals surface area contributed by atoms with E-state index in [0.29, 0.717) is 43.9 Å². The molecule has 162 valence electrons. The molecule has 1 amide bonds. The van der Waals surface area contributed by atoms with Crippen molar-refractivity contribution in [2.75, 3.05) is 20.3 Å². The number of ether oxygens (including phenoxy) is 3. The number of carbonyl (C=O) groups excluding carboxylic acids is 2. The molecule has 0 spiro atoms. The van der Waals surface area contributed by atoms with Gasteiger partial charge in [-0.05, 0) is 66.7 Å². The summed E-state index contributed by atoms with van der Waals surface area (Å²) in [4.78, 5) is 28.5. The third kappa shape index (κ3) is 6.08. The van der Waals surface area contributed by atoms with Gasteiger partial charge in [0, 0.05) is 4.47 Å². The minimum atomic E-state index is -0.517. The Bertz CT molecular complexity index is 1060. The van der Waals surface area contributed by atoms with Crippen molar-refractivity contribution >= 4 is 56.5 Å². The molecular weight excluding hydrogens is 491 g/mol. The number of benzene rings is 2. The maximum atomic E-state index is 13.0. The average Bonchev–Trinajstić information content (AvgIpc) is 3.09. The fourth-order valence-electron chi connectivity index (χ4n) is 2.49. The highest BCUT2D eigenvalue weighted by Gasteiger charge is 2.24. The topological polar surface area (TPSA) is 86.2 Å². The molecule has 10 heteroatoms. The maximum absolute atomic E-state index is 13.0. The first kappa shape index (κ1) is 22.8. The smallest absolute Gasteiger partial charge is 0.343 e. The number of amidine groups is 1. The molecule has 1 heterocycles. The zero-order valence-electron chi connectivity index (χ0n) is 16.6. The van der Waals surface area contributed by atoms with Crippen LogP contribution in [0.2, 0.25) is 0 Å². The second-order valence-electron chi connectivity index (χ2n) is 6.08. The third-order valence-corrected chi connectivity index (χ3v) is 5.53. The lowest BCUT2D eigenvalue weighted by Gasteiger charge is -2.13. The number of nitrogens with one attached hydrogen (secondary N) is 1. The number of methoxy groups -OCH3 is 1. The van der Waals surface area contributed by atoms with E-state index in [1.54, 1.807) is 18.2 Å². The van der Waals surface area contributed by atoms with Crippen molar-refractivity contribution in [3.63, 3.8) is 0 Å². The number of halogens is 2. The first-order valence-corrected chi connectivity index (χ1v) is 10.7. The molecule has 0 unspecified atom stereocenters. The predicted octanol–water partition coefficient (Wildman–Crippen LogP) is 4.43. The van der Waals surface area contributed by atoms with Crippen LogP contribution in [0.15, 0.2) is 50.8 Å². The van der Waals surface area contributed by atoms with Crippen LogP contribution in [0.4, 0.5) is 10.1 Å². The number of esters is 1. The van der Waals surface area contributed by atoms with Crippen LogP contribution in [0.25, 0.3) is 6.08 Å². The summed E-state index contributed by atoms with van der Waals surface area (Å²) >= 11 is 4.62. The van der Waals surface area contributed by atoms with Gasteiger partial charge in [0.1, 0.15) is 5.82 Å². The molecule has 1 N–H and O–H groups in total.